The summed E-state index contributed by atoms with van der Waals surface area (Å²) in [6, 6.07) is 22.3. The van der Waals surface area contributed by atoms with Crippen molar-refractivity contribution in [2.45, 2.75) is 13.3 Å². The Labute approximate surface area is 213 Å². The molecule has 0 radical (unpaired) electrons. The average Bonchev–Trinajstić information content (AvgIpc) is 2.90. The molecule has 0 saturated carbocycles. The van der Waals surface area contributed by atoms with Gasteiger partial charge in [0.25, 0.3) is 5.91 Å². The van der Waals surface area contributed by atoms with E-state index in [1.54, 1.807) is 60.7 Å². The minimum absolute atomic E-state index is 0.299. The van der Waals surface area contributed by atoms with Gasteiger partial charge in [0, 0.05) is 21.7 Å². The summed E-state index contributed by atoms with van der Waals surface area (Å²) in [6.07, 6.45) is 0.732. The first-order valence-corrected chi connectivity index (χ1v) is 11.7. The van der Waals surface area contributed by atoms with Gasteiger partial charge in [-0.05, 0) is 55.0 Å². The zero-order valence-electron chi connectivity index (χ0n) is 19.5. The van der Waals surface area contributed by atoms with Gasteiger partial charge in [0.05, 0.1) is 28.9 Å². The molecule has 1 amide bonds. The van der Waals surface area contributed by atoms with E-state index in [9.17, 15) is 14.4 Å². The summed E-state index contributed by atoms with van der Waals surface area (Å²) in [5, 5.41) is 3.86. The Morgan fingerprint density at radius 3 is 2.33 bits per heavy atom. The van der Waals surface area contributed by atoms with Gasteiger partial charge in [-0.2, -0.15) is 0 Å². The van der Waals surface area contributed by atoms with Crippen molar-refractivity contribution in [1.29, 1.82) is 0 Å². The summed E-state index contributed by atoms with van der Waals surface area (Å²) < 4.78 is 10.4. The number of amides is 1. The molecular formula is C28H23ClN2O5. The molecule has 0 aliphatic rings. The van der Waals surface area contributed by atoms with Crippen molar-refractivity contribution in [2.75, 3.05) is 18.5 Å². The van der Waals surface area contributed by atoms with Crippen molar-refractivity contribution in [1.82, 2.24) is 4.98 Å². The van der Waals surface area contributed by atoms with Gasteiger partial charge in [0.2, 0.25) is 0 Å². The van der Waals surface area contributed by atoms with E-state index < -0.39 is 24.5 Å². The lowest BCUT2D eigenvalue weighted by Crippen LogP contribution is -2.21. The third-order valence-electron chi connectivity index (χ3n) is 5.25. The summed E-state index contributed by atoms with van der Waals surface area (Å²) in [5.74, 6) is -1.58. The molecule has 0 aliphatic heterocycles. The fourth-order valence-corrected chi connectivity index (χ4v) is 3.61. The Kier molecular flexibility index (Phi) is 7.92. The molecule has 0 unspecified atom stereocenters. The summed E-state index contributed by atoms with van der Waals surface area (Å²) in [4.78, 5) is 41.9. The molecule has 1 aromatic heterocycles. The highest BCUT2D eigenvalue weighted by atomic mass is 35.5. The minimum Gasteiger partial charge on any atom is -0.462 e. The first kappa shape index (κ1) is 24.9. The highest BCUT2D eigenvalue weighted by molar-refractivity contribution is 6.30. The number of carbonyl (C=O) groups excluding carboxylic acids is 3. The number of benzene rings is 3. The molecule has 7 nitrogen and oxygen atoms in total. The molecule has 8 heteroatoms. The Morgan fingerprint density at radius 2 is 1.61 bits per heavy atom. The number of hydrogen-bond donors (Lipinski definition) is 1. The lowest BCUT2D eigenvalue weighted by atomic mass is 10.0. The van der Waals surface area contributed by atoms with E-state index in [1.165, 1.54) is 0 Å². The third-order valence-corrected chi connectivity index (χ3v) is 5.50. The summed E-state index contributed by atoms with van der Waals surface area (Å²) in [7, 11) is 0. The first-order chi connectivity index (χ1) is 17.4. The molecule has 0 spiro atoms. The number of carbonyl (C=O) groups is 3. The van der Waals surface area contributed by atoms with E-state index in [-0.39, 0.29) is 0 Å². The smallest absolute Gasteiger partial charge is 0.339 e. The van der Waals surface area contributed by atoms with Crippen molar-refractivity contribution >= 4 is 46.0 Å². The maximum Gasteiger partial charge on any atom is 0.339 e. The Hall–Kier alpha value is -4.23. The van der Waals surface area contributed by atoms with Crippen molar-refractivity contribution in [3.05, 3.63) is 95.0 Å². The molecule has 1 heterocycles. The molecular weight excluding hydrogens is 480 g/mol. The topological polar surface area (TPSA) is 94.6 Å². The van der Waals surface area contributed by atoms with E-state index in [1.807, 2.05) is 25.1 Å². The third kappa shape index (κ3) is 6.06. The molecule has 0 fully saturated rings. The fraction of sp³-hybridized carbons (Fsp3) is 0.143. The second-order valence-corrected chi connectivity index (χ2v) is 8.35. The zero-order valence-corrected chi connectivity index (χ0v) is 20.2. The number of rotatable bonds is 8. The van der Waals surface area contributed by atoms with Crippen LogP contribution in [0.1, 0.15) is 34.1 Å². The van der Waals surface area contributed by atoms with E-state index in [4.69, 9.17) is 21.1 Å². The largest absolute Gasteiger partial charge is 0.462 e. The van der Waals surface area contributed by atoms with Gasteiger partial charge >= 0.3 is 11.9 Å². The van der Waals surface area contributed by atoms with Crippen LogP contribution in [0.2, 0.25) is 5.02 Å². The molecule has 0 bridgehead atoms. The van der Waals surface area contributed by atoms with Gasteiger partial charge < -0.3 is 14.8 Å². The fourth-order valence-electron chi connectivity index (χ4n) is 3.49. The summed E-state index contributed by atoms with van der Waals surface area (Å²) in [6.45, 7) is 1.77. The second-order valence-electron chi connectivity index (χ2n) is 7.92. The SMILES string of the molecule is CCCOC(=O)c1ccc(NC(=O)COC(=O)c2cc(-c3ccc(Cl)cc3)nc3ccccc23)cc1. The Bertz CT molecular complexity index is 1400. The molecule has 0 aliphatic carbocycles. The van der Waals surface area contributed by atoms with Crippen LogP contribution in [0.3, 0.4) is 0 Å². The molecule has 4 rings (SSSR count). The predicted molar refractivity (Wildman–Crippen MR) is 138 cm³/mol. The van der Waals surface area contributed by atoms with Crippen molar-refractivity contribution in [2.24, 2.45) is 0 Å². The van der Waals surface area contributed by atoms with Crippen molar-refractivity contribution in [3.8, 4) is 11.3 Å². The molecule has 182 valence electrons. The number of halogens is 1. The van der Waals surface area contributed by atoms with Crippen LogP contribution in [0.25, 0.3) is 22.2 Å². The van der Waals surface area contributed by atoms with E-state index in [0.717, 1.165) is 12.0 Å². The van der Waals surface area contributed by atoms with Gasteiger partial charge in [0.15, 0.2) is 6.61 Å². The van der Waals surface area contributed by atoms with Crippen LogP contribution >= 0.6 is 11.6 Å². The predicted octanol–water partition coefficient (Wildman–Crippen LogP) is 5.92. The van der Waals surface area contributed by atoms with Crippen LogP contribution in [-0.2, 0) is 14.3 Å². The molecule has 36 heavy (non-hydrogen) atoms. The number of nitrogens with zero attached hydrogens (tertiary/aromatic N) is 1. The van der Waals surface area contributed by atoms with Crippen LogP contribution in [0.15, 0.2) is 78.9 Å². The Morgan fingerprint density at radius 1 is 0.889 bits per heavy atom. The summed E-state index contributed by atoms with van der Waals surface area (Å²) >= 11 is 5.99. The summed E-state index contributed by atoms with van der Waals surface area (Å²) in [5.41, 5.74) is 3.14. The number of nitrogens with one attached hydrogen (secondary N) is 1. The van der Waals surface area contributed by atoms with Crippen LogP contribution in [-0.4, -0.2) is 36.0 Å². The zero-order chi connectivity index (χ0) is 25.5. The van der Waals surface area contributed by atoms with Gasteiger partial charge in [-0.1, -0.05) is 48.9 Å². The molecule has 3 aromatic carbocycles. The van der Waals surface area contributed by atoms with Gasteiger partial charge in [-0.3, -0.25) is 4.79 Å². The first-order valence-electron chi connectivity index (χ1n) is 11.3. The van der Waals surface area contributed by atoms with Gasteiger partial charge in [-0.25, -0.2) is 14.6 Å². The number of anilines is 1. The van der Waals surface area contributed by atoms with Crippen LogP contribution in [0.5, 0.6) is 0 Å². The number of pyridine rings is 1. The van der Waals surface area contributed by atoms with Crippen molar-refractivity contribution in [3.63, 3.8) is 0 Å². The quantitative estimate of drug-likeness (QED) is 0.301. The monoisotopic (exact) mass is 502 g/mol. The minimum atomic E-state index is -0.645. The van der Waals surface area contributed by atoms with Crippen molar-refractivity contribution < 1.29 is 23.9 Å². The van der Waals surface area contributed by atoms with Crippen LogP contribution in [0.4, 0.5) is 5.69 Å². The highest BCUT2D eigenvalue weighted by Gasteiger charge is 2.17. The normalized spacial score (nSPS) is 10.6. The van der Waals surface area contributed by atoms with Crippen LogP contribution in [0, 0.1) is 0 Å². The van der Waals surface area contributed by atoms with E-state index in [0.29, 0.717) is 45.0 Å². The second kappa shape index (κ2) is 11.5. The molecule has 0 saturated heterocycles. The van der Waals surface area contributed by atoms with E-state index in [2.05, 4.69) is 10.3 Å². The molecule has 1 N–H and O–H groups in total. The highest BCUT2D eigenvalue weighted by Crippen LogP contribution is 2.26. The van der Waals surface area contributed by atoms with Gasteiger partial charge in [0.1, 0.15) is 0 Å². The number of esters is 2. The average molecular weight is 503 g/mol. The number of hydrogen-bond acceptors (Lipinski definition) is 6. The lowest BCUT2D eigenvalue weighted by Gasteiger charge is -2.11. The Balaban J connectivity index is 1.44. The maximum atomic E-state index is 13.0. The molecule has 0 atom stereocenters. The number of aromatic nitrogens is 1. The maximum absolute atomic E-state index is 13.0. The van der Waals surface area contributed by atoms with Crippen LogP contribution < -0.4 is 5.32 Å². The molecule has 4 aromatic rings. The number of para-hydroxylation sites is 1. The standard InChI is InChI=1S/C28H23ClN2O5/c1-2-15-35-27(33)19-9-13-21(14-10-19)30-26(32)17-36-28(34)23-16-25(18-7-11-20(29)12-8-18)31-24-6-4-3-5-22(23)24/h3-14,16H,2,15,17H2,1H3,(H,30,32). The van der Waals surface area contributed by atoms with Gasteiger partial charge in [-0.15, -0.1) is 0 Å². The lowest BCUT2D eigenvalue weighted by molar-refractivity contribution is -0.119. The number of ether oxygens (including phenoxy) is 2. The number of fused-ring (bicyclic) bond motifs is 1. The van der Waals surface area contributed by atoms with E-state index >= 15 is 0 Å².